The Kier molecular flexibility index (Phi) is 6.55. The molecule has 1 aromatic rings. The standard InChI is InChI=1S/C14H21N5/c1-19(2)10-12-7-8-17-13(9-12)5-3-4-6-14(16)18-11-15/h7-9H,3-6,10H2,1-2H3,(H2,16,18). The first-order valence-corrected chi connectivity index (χ1v) is 6.41. The van der Waals surface area contributed by atoms with E-state index in [0.717, 1.165) is 31.5 Å². The summed E-state index contributed by atoms with van der Waals surface area (Å²) in [6, 6.07) is 4.19. The lowest BCUT2D eigenvalue weighted by atomic mass is 10.1. The van der Waals surface area contributed by atoms with Gasteiger partial charge in [-0.15, -0.1) is 0 Å². The van der Waals surface area contributed by atoms with E-state index in [2.05, 4.69) is 35.0 Å². The Hall–Kier alpha value is -1.93. The minimum absolute atomic E-state index is 0.414. The minimum atomic E-state index is 0.414. The van der Waals surface area contributed by atoms with Gasteiger partial charge >= 0.3 is 0 Å². The van der Waals surface area contributed by atoms with E-state index >= 15 is 0 Å². The highest BCUT2D eigenvalue weighted by Gasteiger charge is 2.00. The van der Waals surface area contributed by atoms with E-state index in [0.29, 0.717) is 12.3 Å². The van der Waals surface area contributed by atoms with Crippen LogP contribution in [-0.2, 0) is 13.0 Å². The molecule has 5 heteroatoms. The molecule has 0 amide bonds. The summed E-state index contributed by atoms with van der Waals surface area (Å²) in [4.78, 5) is 10.00. The van der Waals surface area contributed by atoms with Gasteiger partial charge in [0.25, 0.3) is 0 Å². The average molecular weight is 259 g/mol. The summed E-state index contributed by atoms with van der Waals surface area (Å²) in [6.07, 6.45) is 7.09. The van der Waals surface area contributed by atoms with Gasteiger partial charge in [0.15, 0.2) is 0 Å². The van der Waals surface area contributed by atoms with Crippen molar-refractivity contribution in [1.29, 1.82) is 5.26 Å². The van der Waals surface area contributed by atoms with Gasteiger partial charge in [0.1, 0.15) is 5.84 Å². The molecule has 0 radical (unpaired) electrons. The predicted molar refractivity (Wildman–Crippen MR) is 76.4 cm³/mol. The summed E-state index contributed by atoms with van der Waals surface area (Å²) in [5, 5.41) is 8.34. The van der Waals surface area contributed by atoms with Crippen LogP contribution in [0.1, 0.15) is 30.5 Å². The summed E-state index contributed by atoms with van der Waals surface area (Å²) in [5.41, 5.74) is 7.93. The highest BCUT2D eigenvalue weighted by molar-refractivity contribution is 5.80. The Morgan fingerprint density at radius 3 is 2.95 bits per heavy atom. The van der Waals surface area contributed by atoms with E-state index in [-0.39, 0.29) is 0 Å². The normalized spacial score (nSPS) is 11.6. The van der Waals surface area contributed by atoms with Crippen molar-refractivity contribution in [2.45, 2.75) is 32.2 Å². The molecule has 0 saturated carbocycles. The maximum absolute atomic E-state index is 8.34. The molecule has 2 N–H and O–H groups in total. The fourth-order valence-electron chi connectivity index (χ4n) is 1.86. The van der Waals surface area contributed by atoms with Crippen molar-refractivity contribution in [1.82, 2.24) is 9.88 Å². The Morgan fingerprint density at radius 1 is 1.47 bits per heavy atom. The number of nitrogens with zero attached hydrogens (tertiary/aromatic N) is 4. The fourth-order valence-corrected chi connectivity index (χ4v) is 1.86. The van der Waals surface area contributed by atoms with E-state index in [1.54, 1.807) is 6.19 Å². The number of aryl methyl sites for hydroxylation is 1. The second-order valence-electron chi connectivity index (χ2n) is 4.80. The zero-order valence-corrected chi connectivity index (χ0v) is 11.6. The summed E-state index contributed by atoms with van der Waals surface area (Å²) in [6.45, 7) is 0.928. The lowest BCUT2D eigenvalue weighted by molar-refractivity contribution is 0.402. The number of aliphatic imine (C=N–C) groups is 1. The first-order chi connectivity index (χ1) is 9.11. The Bertz CT molecular complexity index is 459. The molecule has 1 rings (SSSR count). The van der Waals surface area contributed by atoms with Gasteiger partial charge in [-0.2, -0.15) is 10.3 Å². The Balaban J connectivity index is 2.37. The number of rotatable bonds is 7. The first kappa shape index (κ1) is 15.1. The van der Waals surface area contributed by atoms with Gasteiger partial charge in [0, 0.05) is 24.9 Å². The van der Waals surface area contributed by atoms with Crippen molar-refractivity contribution in [2.75, 3.05) is 14.1 Å². The molecule has 0 aliphatic rings. The quantitative estimate of drug-likeness (QED) is 0.350. The molecule has 102 valence electrons. The van der Waals surface area contributed by atoms with Gasteiger partial charge in [-0.1, -0.05) is 0 Å². The Morgan fingerprint density at radius 2 is 2.26 bits per heavy atom. The van der Waals surface area contributed by atoms with E-state index in [1.165, 1.54) is 5.56 Å². The van der Waals surface area contributed by atoms with Crippen molar-refractivity contribution < 1.29 is 0 Å². The third-order valence-electron chi connectivity index (χ3n) is 2.69. The molecule has 19 heavy (non-hydrogen) atoms. The van der Waals surface area contributed by atoms with Crippen LogP contribution in [0.15, 0.2) is 23.3 Å². The highest BCUT2D eigenvalue weighted by atomic mass is 15.0. The van der Waals surface area contributed by atoms with Crippen LogP contribution in [0.2, 0.25) is 0 Å². The number of unbranched alkanes of at least 4 members (excludes halogenated alkanes) is 1. The summed E-state index contributed by atoms with van der Waals surface area (Å²) < 4.78 is 0. The van der Waals surface area contributed by atoms with Gasteiger partial charge in [0.05, 0.1) is 0 Å². The molecular weight excluding hydrogens is 238 g/mol. The molecule has 0 aromatic carbocycles. The van der Waals surface area contributed by atoms with Crippen molar-refractivity contribution in [3.63, 3.8) is 0 Å². The number of amidine groups is 1. The number of aromatic nitrogens is 1. The third kappa shape index (κ3) is 6.53. The number of nitrogens with two attached hydrogens (primary N) is 1. The van der Waals surface area contributed by atoms with Crippen LogP contribution in [0.4, 0.5) is 0 Å². The number of pyridine rings is 1. The number of hydrogen-bond donors (Lipinski definition) is 1. The highest BCUT2D eigenvalue weighted by Crippen LogP contribution is 2.08. The SMILES string of the molecule is CN(C)Cc1ccnc(CCCCC(N)=NC#N)c1. The predicted octanol–water partition coefficient (Wildman–Crippen LogP) is 1.69. The van der Waals surface area contributed by atoms with Gasteiger partial charge in [-0.25, -0.2) is 0 Å². The summed E-state index contributed by atoms with van der Waals surface area (Å²) >= 11 is 0. The van der Waals surface area contributed by atoms with Gasteiger partial charge in [0.2, 0.25) is 6.19 Å². The molecule has 0 atom stereocenters. The van der Waals surface area contributed by atoms with Crippen molar-refractivity contribution in [3.05, 3.63) is 29.6 Å². The fraction of sp³-hybridized carbons (Fsp3) is 0.500. The van der Waals surface area contributed by atoms with E-state index in [1.807, 2.05) is 12.3 Å². The second kappa shape index (κ2) is 8.22. The van der Waals surface area contributed by atoms with Crippen molar-refractivity contribution in [3.8, 4) is 6.19 Å². The summed E-state index contributed by atoms with van der Waals surface area (Å²) in [7, 11) is 4.11. The van der Waals surface area contributed by atoms with Crippen LogP contribution in [-0.4, -0.2) is 29.8 Å². The molecule has 0 unspecified atom stereocenters. The second-order valence-corrected chi connectivity index (χ2v) is 4.80. The Labute approximate surface area is 114 Å². The van der Waals surface area contributed by atoms with Crippen LogP contribution in [0.3, 0.4) is 0 Å². The van der Waals surface area contributed by atoms with Crippen molar-refractivity contribution in [2.24, 2.45) is 10.7 Å². The molecule has 0 bridgehead atoms. The van der Waals surface area contributed by atoms with Gasteiger partial charge in [-0.05, 0) is 51.1 Å². The van der Waals surface area contributed by atoms with Crippen LogP contribution >= 0.6 is 0 Å². The van der Waals surface area contributed by atoms with Crippen molar-refractivity contribution >= 4 is 5.84 Å². The summed E-state index contributed by atoms with van der Waals surface area (Å²) in [5.74, 6) is 0.414. The molecule has 0 spiro atoms. The minimum Gasteiger partial charge on any atom is -0.386 e. The molecule has 0 aliphatic carbocycles. The van der Waals surface area contributed by atoms with Crippen LogP contribution in [0, 0.1) is 11.5 Å². The van der Waals surface area contributed by atoms with Crippen LogP contribution in [0.25, 0.3) is 0 Å². The molecule has 0 saturated heterocycles. The molecule has 0 fully saturated rings. The molecule has 1 aromatic heterocycles. The molecule has 1 heterocycles. The van der Waals surface area contributed by atoms with Gasteiger partial charge < -0.3 is 10.6 Å². The maximum atomic E-state index is 8.34. The zero-order chi connectivity index (χ0) is 14.1. The zero-order valence-electron chi connectivity index (χ0n) is 11.6. The largest absolute Gasteiger partial charge is 0.386 e. The van der Waals surface area contributed by atoms with Gasteiger partial charge in [-0.3, -0.25) is 4.98 Å². The topological polar surface area (TPSA) is 78.3 Å². The average Bonchev–Trinajstić information content (AvgIpc) is 2.35. The smallest absolute Gasteiger partial charge is 0.207 e. The van der Waals surface area contributed by atoms with Crippen LogP contribution < -0.4 is 5.73 Å². The molecular formula is C14H21N5. The van der Waals surface area contributed by atoms with Crippen LogP contribution in [0.5, 0.6) is 0 Å². The lowest BCUT2D eigenvalue weighted by Gasteiger charge is -2.10. The molecule has 0 aliphatic heterocycles. The number of nitriles is 1. The monoisotopic (exact) mass is 259 g/mol. The third-order valence-corrected chi connectivity index (χ3v) is 2.69. The van der Waals surface area contributed by atoms with E-state index in [4.69, 9.17) is 11.0 Å². The number of hydrogen-bond acceptors (Lipinski definition) is 4. The molecule has 5 nitrogen and oxygen atoms in total. The maximum Gasteiger partial charge on any atom is 0.207 e. The lowest BCUT2D eigenvalue weighted by Crippen LogP contribution is -2.11. The first-order valence-electron chi connectivity index (χ1n) is 6.41. The van der Waals surface area contributed by atoms with E-state index in [9.17, 15) is 0 Å². The van der Waals surface area contributed by atoms with E-state index < -0.39 is 0 Å².